The Morgan fingerprint density at radius 2 is 1.89 bits per heavy atom. The molecule has 0 saturated carbocycles. The van der Waals surface area contributed by atoms with E-state index in [2.05, 4.69) is 0 Å². The van der Waals surface area contributed by atoms with Crippen LogP contribution >= 0.6 is 0 Å². The van der Waals surface area contributed by atoms with Crippen molar-refractivity contribution in [1.29, 1.82) is 0 Å². The van der Waals surface area contributed by atoms with Gasteiger partial charge in [0.1, 0.15) is 5.60 Å². The molecule has 3 rings (SSSR count). The van der Waals surface area contributed by atoms with Gasteiger partial charge in [0.25, 0.3) is 0 Å². The van der Waals surface area contributed by atoms with Crippen molar-refractivity contribution in [3.63, 3.8) is 0 Å². The van der Waals surface area contributed by atoms with Crippen LogP contribution < -0.4 is 5.73 Å². The number of amides is 1. The minimum absolute atomic E-state index is 0.137. The molecule has 2 atom stereocenters. The predicted octanol–water partition coefficient (Wildman–Crippen LogP) is 3.40. The maximum absolute atomic E-state index is 12.3. The van der Waals surface area contributed by atoms with Crippen molar-refractivity contribution in [3.8, 4) is 0 Å². The van der Waals surface area contributed by atoms with Crippen molar-refractivity contribution < 1.29 is 9.53 Å². The molecule has 1 aromatic rings. The van der Waals surface area contributed by atoms with Gasteiger partial charge in [0.15, 0.2) is 0 Å². The number of carbonyl (C=O) groups excluding carboxylic acids is 1. The van der Waals surface area contributed by atoms with Crippen molar-refractivity contribution in [2.75, 3.05) is 5.73 Å². The number of nitrogens with two attached hydrogens (primary N) is 1. The summed E-state index contributed by atoms with van der Waals surface area (Å²) < 4.78 is 5.52. The van der Waals surface area contributed by atoms with Crippen LogP contribution in [0, 0.1) is 0 Å². The van der Waals surface area contributed by atoms with Crippen molar-refractivity contribution in [1.82, 2.24) is 4.90 Å². The smallest absolute Gasteiger partial charge is 0.411 e. The lowest BCUT2D eigenvalue weighted by Crippen LogP contribution is -2.34. The van der Waals surface area contributed by atoms with Crippen LogP contribution in [0.5, 0.6) is 0 Å². The van der Waals surface area contributed by atoms with Gasteiger partial charge in [0.05, 0.1) is 12.1 Å². The Balaban J connectivity index is 1.90. The zero-order valence-corrected chi connectivity index (χ0v) is 11.6. The molecule has 4 nitrogen and oxygen atoms in total. The summed E-state index contributed by atoms with van der Waals surface area (Å²) in [5, 5.41) is 0. The molecule has 2 aliphatic heterocycles. The number of nitrogen functional groups attached to an aromatic ring is 1. The summed E-state index contributed by atoms with van der Waals surface area (Å²) in [5.41, 5.74) is 8.59. The van der Waals surface area contributed by atoms with Crippen molar-refractivity contribution in [2.24, 2.45) is 0 Å². The molecular formula is C15H20N2O2. The number of benzene rings is 1. The number of hydrogen-bond acceptors (Lipinski definition) is 3. The molecule has 0 spiro atoms. The van der Waals surface area contributed by atoms with Crippen LogP contribution in [0.1, 0.15) is 56.8 Å². The molecule has 102 valence electrons. The number of nitrogens with zero attached hydrogens (tertiary/aromatic N) is 1. The van der Waals surface area contributed by atoms with Crippen LogP contribution in [-0.4, -0.2) is 16.6 Å². The highest BCUT2D eigenvalue weighted by Gasteiger charge is 2.47. The molecule has 2 heterocycles. The molecule has 1 aromatic carbocycles. The van der Waals surface area contributed by atoms with E-state index >= 15 is 0 Å². The summed E-state index contributed by atoms with van der Waals surface area (Å²) in [5.74, 6) is 0. The zero-order valence-electron chi connectivity index (χ0n) is 11.6. The number of carbonyl (C=O) groups is 1. The number of rotatable bonds is 0. The van der Waals surface area contributed by atoms with Gasteiger partial charge in [0, 0.05) is 5.69 Å². The van der Waals surface area contributed by atoms with Crippen molar-refractivity contribution in [2.45, 2.75) is 51.3 Å². The summed E-state index contributed by atoms with van der Waals surface area (Å²) in [7, 11) is 0. The number of anilines is 1. The molecule has 4 heteroatoms. The molecule has 2 bridgehead atoms. The first-order valence-electron chi connectivity index (χ1n) is 6.77. The fraction of sp³-hybridized carbons (Fsp3) is 0.533. The van der Waals surface area contributed by atoms with E-state index in [-0.39, 0.29) is 18.2 Å². The lowest BCUT2D eigenvalue weighted by atomic mass is 9.91. The third-order valence-electron chi connectivity index (χ3n) is 3.82. The minimum atomic E-state index is -0.454. The SMILES string of the molecule is CC(C)(C)OC(=O)N1[C@H]2CC[C@H]1c1cc(N)ccc12. The Labute approximate surface area is 113 Å². The second-order valence-electron chi connectivity index (χ2n) is 6.38. The van der Waals surface area contributed by atoms with E-state index in [0.717, 1.165) is 18.5 Å². The maximum Gasteiger partial charge on any atom is 0.411 e. The van der Waals surface area contributed by atoms with Crippen molar-refractivity contribution in [3.05, 3.63) is 29.3 Å². The van der Waals surface area contributed by atoms with Gasteiger partial charge in [-0.2, -0.15) is 0 Å². The van der Waals surface area contributed by atoms with Crippen LogP contribution in [0.4, 0.5) is 10.5 Å². The molecule has 19 heavy (non-hydrogen) atoms. The summed E-state index contributed by atoms with van der Waals surface area (Å²) >= 11 is 0. The van der Waals surface area contributed by atoms with E-state index in [9.17, 15) is 4.79 Å². The van der Waals surface area contributed by atoms with E-state index in [1.54, 1.807) is 0 Å². The van der Waals surface area contributed by atoms with E-state index < -0.39 is 5.60 Å². The highest BCUT2D eigenvalue weighted by molar-refractivity contribution is 5.72. The van der Waals surface area contributed by atoms with E-state index in [0.29, 0.717) is 0 Å². The van der Waals surface area contributed by atoms with Crippen molar-refractivity contribution >= 4 is 11.8 Å². The molecular weight excluding hydrogens is 240 g/mol. The van der Waals surface area contributed by atoms with Crippen LogP contribution in [0.25, 0.3) is 0 Å². The van der Waals surface area contributed by atoms with Gasteiger partial charge in [-0.25, -0.2) is 4.79 Å². The summed E-state index contributed by atoms with van der Waals surface area (Å²) in [6, 6.07) is 6.25. The van der Waals surface area contributed by atoms with Gasteiger partial charge >= 0.3 is 6.09 Å². The molecule has 0 aromatic heterocycles. The lowest BCUT2D eigenvalue weighted by molar-refractivity contribution is 0.0177. The first-order valence-corrected chi connectivity index (χ1v) is 6.77. The first kappa shape index (κ1) is 12.3. The zero-order chi connectivity index (χ0) is 13.8. The van der Waals surface area contributed by atoms with Gasteiger partial charge in [-0.1, -0.05) is 6.07 Å². The summed E-state index contributed by atoms with van der Waals surface area (Å²) in [4.78, 5) is 14.2. The molecule has 2 aliphatic rings. The van der Waals surface area contributed by atoms with Gasteiger partial charge in [-0.3, -0.25) is 4.90 Å². The second-order valence-corrected chi connectivity index (χ2v) is 6.38. The maximum atomic E-state index is 12.3. The Hall–Kier alpha value is -1.71. The highest BCUT2D eigenvalue weighted by Crippen LogP contribution is 2.53. The Bertz CT molecular complexity index is 533. The monoisotopic (exact) mass is 260 g/mol. The average molecular weight is 260 g/mol. The van der Waals surface area contributed by atoms with Gasteiger partial charge < -0.3 is 10.5 Å². The van der Waals surface area contributed by atoms with Crippen LogP contribution in [0.2, 0.25) is 0 Å². The van der Waals surface area contributed by atoms with Gasteiger partial charge in [-0.05, 0) is 56.9 Å². The minimum Gasteiger partial charge on any atom is -0.444 e. The highest BCUT2D eigenvalue weighted by atomic mass is 16.6. The molecule has 1 fully saturated rings. The standard InChI is InChI=1S/C15H20N2O2/c1-15(2,3)19-14(18)17-12-6-7-13(17)11-8-9(16)4-5-10(11)12/h4-5,8,12-13H,6-7,16H2,1-3H3/t12-,13-/m0/s1. The van der Waals surface area contributed by atoms with Gasteiger partial charge in [0.2, 0.25) is 0 Å². The first-order chi connectivity index (χ1) is 8.87. The summed E-state index contributed by atoms with van der Waals surface area (Å²) in [6.07, 6.45) is 1.80. The Morgan fingerprint density at radius 3 is 2.53 bits per heavy atom. The molecule has 1 saturated heterocycles. The molecule has 2 N–H and O–H groups in total. The average Bonchev–Trinajstić information content (AvgIpc) is 2.82. The number of fused-ring (bicyclic) bond motifs is 5. The lowest BCUT2D eigenvalue weighted by Gasteiger charge is -2.27. The van der Waals surface area contributed by atoms with Gasteiger partial charge in [-0.15, -0.1) is 0 Å². The van der Waals surface area contributed by atoms with Crippen LogP contribution in [0.15, 0.2) is 18.2 Å². The largest absolute Gasteiger partial charge is 0.444 e. The summed E-state index contributed by atoms with van der Waals surface area (Å²) in [6.45, 7) is 5.69. The topological polar surface area (TPSA) is 55.6 Å². The predicted molar refractivity (Wildman–Crippen MR) is 73.6 cm³/mol. The molecule has 0 unspecified atom stereocenters. The molecule has 0 radical (unpaired) electrons. The third kappa shape index (κ3) is 1.95. The van der Waals surface area contributed by atoms with Crippen LogP contribution in [-0.2, 0) is 4.74 Å². The fourth-order valence-electron chi connectivity index (χ4n) is 3.18. The van der Waals surface area contributed by atoms with E-state index in [1.165, 1.54) is 11.1 Å². The Kier molecular flexibility index (Phi) is 2.52. The quantitative estimate of drug-likeness (QED) is 0.727. The normalized spacial score (nSPS) is 24.5. The van der Waals surface area contributed by atoms with E-state index in [1.807, 2.05) is 43.9 Å². The second kappa shape index (κ2) is 3.89. The molecule has 1 amide bonds. The fourth-order valence-corrected chi connectivity index (χ4v) is 3.18. The number of ether oxygens (including phenoxy) is 1. The van der Waals surface area contributed by atoms with Crippen LogP contribution in [0.3, 0.4) is 0 Å². The van der Waals surface area contributed by atoms with E-state index in [4.69, 9.17) is 10.5 Å². The Morgan fingerprint density at radius 1 is 1.26 bits per heavy atom. The molecule has 0 aliphatic carbocycles. The number of hydrogen-bond donors (Lipinski definition) is 1. The third-order valence-corrected chi connectivity index (χ3v) is 3.82.